The number of ether oxygens (including phenoxy) is 1. The molecule has 0 unspecified atom stereocenters. The topological polar surface area (TPSA) is 88.1 Å². The summed E-state index contributed by atoms with van der Waals surface area (Å²) in [5.74, 6) is -0.206. The molecule has 0 saturated heterocycles. The maximum absolute atomic E-state index is 13.3. The molecule has 1 heterocycles. The largest absolute Gasteiger partial charge is 0.492 e. The number of benzene rings is 2. The molecule has 0 saturated carbocycles. The van der Waals surface area contributed by atoms with Crippen LogP contribution in [0.25, 0.3) is 0 Å². The molecule has 0 spiro atoms. The van der Waals surface area contributed by atoms with Gasteiger partial charge in [-0.25, -0.2) is 13.8 Å². The highest BCUT2D eigenvalue weighted by Gasteiger charge is 2.29. The molecule has 0 bridgehead atoms. The second-order valence-corrected chi connectivity index (χ2v) is 8.88. The van der Waals surface area contributed by atoms with E-state index in [-0.39, 0.29) is 10.6 Å². The van der Waals surface area contributed by atoms with E-state index in [2.05, 4.69) is 10.5 Å². The van der Waals surface area contributed by atoms with Crippen molar-refractivity contribution in [1.29, 1.82) is 0 Å². The first-order valence-electron chi connectivity index (χ1n) is 9.17. The third kappa shape index (κ3) is 5.25. The summed E-state index contributed by atoms with van der Waals surface area (Å²) in [4.78, 5) is 13.5. The van der Waals surface area contributed by atoms with Crippen molar-refractivity contribution >= 4 is 39.2 Å². The first kappa shape index (κ1) is 21.5. The maximum Gasteiger partial charge on any atom is 0.264 e. The van der Waals surface area contributed by atoms with Crippen molar-refractivity contribution in [3.05, 3.63) is 77.0 Å². The van der Waals surface area contributed by atoms with Gasteiger partial charge in [-0.05, 0) is 42.6 Å². The lowest BCUT2D eigenvalue weighted by molar-refractivity contribution is -0.119. The lowest BCUT2D eigenvalue weighted by Gasteiger charge is -2.25. The standard InChI is InChI=1S/C21H21N3O4S2/c1-2-28-20-13-7-6-12-19(20)24(30(26,27)18-10-4-3-5-11-18)16-21(25)23-22-15-17-9-8-14-29-17/h3-15H,2,16H2,1H3,(H,23,25)/b22-15-. The van der Waals surface area contributed by atoms with Gasteiger partial charge in [0.15, 0.2) is 0 Å². The Bertz CT molecular complexity index is 1100. The number of nitrogens with zero attached hydrogens (tertiary/aromatic N) is 2. The number of thiophene rings is 1. The molecule has 9 heteroatoms. The zero-order valence-electron chi connectivity index (χ0n) is 16.3. The average Bonchev–Trinajstić information content (AvgIpc) is 3.27. The number of anilines is 1. The number of hydrogen-bond acceptors (Lipinski definition) is 6. The highest BCUT2D eigenvalue weighted by molar-refractivity contribution is 7.92. The van der Waals surface area contributed by atoms with Crippen molar-refractivity contribution in [3.8, 4) is 5.75 Å². The van der Waals surface area contributed by atoms with Gasteiger partial charge in [-0.2, -0.15) is 5.10 Å². The van der Waals surface area contributed by atoms with Gasteiger partial charge >= 0.3 is 0 Å². The van der Waals surface area contributed by atoms with Crippen molar-refractivity contribution in [2.45, 2.75) is 11.8 Å². The Morgan fingerprint density at radius 1 is 1.10 bits per heavy atom. The summed E-state index contributed by atoms with van der Waals surface area (Å²) >= 11 is 1.47. The SMILES string of the molecule is CCOc1ccccc1N(CC(=O)N/N=C\c1cccs1)S(=O)(=O)c1ccccc1. The van der Waals surface area contributed by atoms with Crippen LogP contribution in [0.1, 0.15) is 11.8 Å². The Kier molecular flexibility index (Phi) is 7.21. The van der Waals surface area contributed by atoms with Crippen LogP contribution < -0.4 is 14.5 Å². The Labute approximate surface area is 179 Å². The second kappa shape index (κ2) is 10.0. The minimum absolute atomic E-state index is 0.0752. The molecular formula is C21H21N3O4S2. The summed E-state index contributed by atoms with van der Waals surface area (Å²) in [5.41, 5.74) is 2.66. The zero-order chi connectivity index (χ0) is 21.4. The summed E-state index contributed by atoms with van der Waals surface area (Å²) in [7, 11) is -4.02. The zero-order valence-corrected chi connectivity index (χ0v) is 17.9. The molecule has 1 aromatic heterocycles. The number of hydrazone groups is 1. The van der Waals surface area contributed by atoms with Crippen LogP contribution in [0.3, 0.4) is 0 Å². The number of carbonyl (C=O) groups excluding carboxylic acids is 1. The molecule has 30 heavy (non-hydrogen) atoms. The molecule has 3 aromatic rings. The van der Waals surface area contributed by atoms with Gasteiger partial charge in [0.1, 0.15) is 12.3 Å². The Hall–Kier alpha value is -3.17. The van der Waals surface area contributed by atoms with E-state index in [9.17, 15) is 13.2 Å². The van der Waals surface area contributed by atoms with Gasteiger partial charge in [-0.15, -0.1) is 11.3 Å². The molecule has 156 valence electrons. The molecule has 0 aliphatic rings. The number of amides is 1. The predicted molar refractivity (Wildman–Crippen MR) is 119 cm³/mol. The fraction of sp³-hybridized carbons (Fsp3) is 0.143. The Morgan fingerprint density at radius 2 is 1.83 bits per heavy atom. The number of sulfonamides is 1. The number of carbonyl (C=O) groups is 1. The van der Waals surface area contributed by atoms with E-state index in [1.54, 1.807) is 49.4 Å². The van der Waals surface area contributed by atoms with Crippen molar-refractivity contribution in [2.75, 3.05) is 17.5 Å². The van der Waals surface area contributed by atoms with Crippen LogP contribution in [-0.4, -0.2) is 33.7 Å². The highest BCUT2D eigenvalue weighted by Crippen LogP contribution is 2.32. The smallest absolute Gasteiger partial charge is 0.264 e. The van der Waals surface area contributed by atoms with Crippen LogP contribution in [0.5, 0.6) is 5.75 Å². The van der Waals surface area contributed by atoms with Crippen LogP contribution in [0.4, 0.5) is 5.69 Å². The van der Waals surface area contributed by atoms with Gasteiger partial charge in [0, 0.05) is 4.88 Å². The minimum atomic E-state index is -4.02. The number of rotatable bonds is 9. The van der Waals surface area contributed by atoms with Crippen molar-refractivity contribution in [2.24, 2.45) is 5.10 Å². The van der Waals surface area contributed by atoms with E-state index in [0.29, 0.717) is 12.4 Å². The Morgan fingerprint density at radius 3 is 2.53 bits per heavy atom. The first-order chi connectivity index (χ1) is 14.5. The number of para-hydroxylation sites is 2. The van der Waals surface area contributed by atoms with Crippen LogP contribution in [0.15, 0.2) is 82.1 Å². The van der Waals surface area contributed by atoms with E-state index in [0.717, 1.165) is 9.18 Å². The molecule has 0 atom stereocenters. The van der Waals surface area contributed by atoms with Gasteiger partial charge in [0.05, 0.1) is 23.4 Å². The summed E-state index contributed by atoms with van der Waals surface area (Å²) in [6.45, 7) is 1.70. The fourth-order valence-electron chi connectivity index (χ4n) is 2.66. The second-order valence-electron chi connectivity index (χ2n) is 6.03. The number of nitrogens with one attached hydrogen (secondary N) is 1. The highest BCUT2D eigenvalue weighted by atomic mass is 32.2. The van der Waals surface area contributed by atoms with E-state index in [4.69, 9.17) is 4.74 Å². The third-order valence-electron chi connectivity index (χ3n) is 3.98. The van der Waals surface area contributed by atoms with E-state index in [1.165, 1.54) is 29.7 Å². The first-order valence-corrected chi connectivity index (χ1v) is 11.5. The summed E-state index contributed by atoms with van der Waals surface area (Å²) in [6, 6.07) is 18.4. The van der Waals surface area contributed by atoms with E-state index >= 15 is 0 Å². The monoisotopic (exact) mass is 443 g/mol. The molecule has 1 N–H and O–H groups in total. The van der Waals surface area contributed by atoms with Crippen molar-refractivity contribution in [1.82, 2.24) is 5.43 Å². The normalized spacial score (nSPS) is 11.4. The third-order valence-corrected chi connectivity index (χ3v) is 6.56. The van der Waals surface area contributed by atoms with Crippen LogP contribution in [0.2, 0.25) is 0 Å². The molecule has 3 rings (SSSR count). The summed E-state index contributed by atoms with van der Waals surface area (Å²) < 4.78 is 33.3. The molecule has 0 radical (unpaired) electrons. The van der Waals surface area contributed by atoms with Crippen molar-refractivity contribution < 1.29 is 17.9 Å². The lowest BCUT2D eigenvalue weighted by atomic mass is 10.3. The molecule has 7 nitrogen and oxygen atoms in total. The fourth-order valence-corrected chi connectivity index (χ4v) is 4.70. The van der Waals surface area contributed by atoms with Gasteiger partial charge in [0.25, 0.3) is 15.9 Å². The molecule has 2 aromatic carbocycles. The van der Waals surface area contributed by atoms with Gasteiger partial charge in [0.2, 0.25) is 0 Å². The minimum Gasteiger partial charge on any atom is -0.492 e. The summed E-state index contributed by atoms with van der Waals surface area (Å²) in [5, 5.41) is 5.80. The number of hydrogen-bond donors (Lipinski definition) is 1. The van der Waals surface area contributed by atoms with Crippen LogP contribution >= 0.6 is 11.3 Å². The maximum atomic E-state index is 13.3. The molecule has 0 fully saturated rings. The summed E-state index contributed by atoms with van der Waals surface area (Å²) in [6.07, 6.45) is 1.51. The Balaban J connectivity index is 1.91. The quantitative estimate of drug-likeness (QED) is 0.405. The van der Waals surface area contributed by atoms with Gasteiger partial charge in [-0.1, -0.05) is 36.4 Å². The molecule has 1 amide bonds. The predicted octanol–water partition coefficient (Wildman–Crippen LogP) is 3.49. The van der Waals surface area contributed by atoms with E-state index in [1.807, 2.05) is 17.5 Å². The molecule has 0 aliphatic heterocycles. The van der Waals surface area contributed by atoms with Crippen molar-refractivity contribution in [3.63, 3.8) is 0 Å². The van der Waals surface area contributed by atoms with Gasteiger partial charge < -0.3 is 4.74 Å². The van der Waals surface area contributed by atoms with Crippen LogP contribution in [0, 0.1) is 0 Å². The lowest BCUT2D eigenvalue weighted by Crippen LogP contribution is -2.39. The molecular weight excluding hydrogens is 422 g/mol. The molecule has 0 aliphatic carbocycles. The average molecular weight is 444 g/mol. The van der Waals surface area contributed by atoms with E-state index < -0.39 is 22.5 Å². The van der Waals surface area contributed by atoms with Gasteiger partial charge in [-0.3, -0.25) is 9.10 Å². The van der Waals surface area contributed by atoms with Crippen LogP contribution in [-0.2, 0) is 14.8 Å².